The van der Waals surface area contributed by atoms with E-state index in [1.807, 2.05) is 19.1 Å². The van der Waals surface area contributed by atoms with Gasteiger partial charge in [-0.15, -0.1) is 22.7 Å². The highest BCUT2D eigenvalue weighted by molar-refractivity contribution is 7.11. The summed E-state index contributed by atoms with van der Waals surface area (Å²) in [7, 11) is 1.66. The maximum atomic E-state index is 11.6. The van der Waals surface area contributed by atoms with Crippen molar-refractivity contribution in [2.75, 3.05) is 7.05 Å². The molecule has 96 valence electrons. The summed E-state index contributed by atoms with van der Waals surface area (Å²) in [6, 6.07) is 8.14. The lowest BCUT2D eigenvalue weighted by molar-refractivity contribution is -0.122. The summed E-state index contributed by atoms with van der Waals surface area (Å²) >= 11 is 3.41. The van der Waals surface area contributed by atoms with E-state index < -0.39 is 0 Å². The molecule has 0 spiro atoms. The molecular formula is C13H16N2OS2. The van der Waals surface area contributed by atoms with E-state index in [-0.39, 0.29) is 18.0 Å². The van der Waals surface area contributed by atoms with Crippen LogP contribution in [0.5, 0.6) is 0 Å². The number of nitrogens with one attached hydrogen (secondary N) is 2. The third kappa shape index (κ3) is 2.98. The summed E-state index contributed by atoms with van der Waals surface area (Å²) in [4.78, 5) is 14.1. The topological polar surface area (TPSA) is 41.1 Å². The van der Waals surface area contributed by atoms with Gasteiger partial charge in [0.25, 0.3) is 0 Å². The Kier molecular flexibility index (Phi) is 4.52. The van der Waals surface area contributed by atoms with Gasteiger partial charge in [-0.05, 0) is 29.8 Å². The van der Waals surface area contributed by atoms with E-state index in [1.165, 1.54) is 9.75 Å². The molecule has 1 unspecified atom stereocenters. The molecule has 2 rings (SSSR count). The molecule has 5 heteroatoms. The molecule has 18 heavy (non-hydrogen) atoms. The van der Waals surface area contributed by atoms with Crippen molar-refractivity contribution in [1.82, 2.24) is 10.6 Å². The third-order valence-electron chi connectivity index (χ3n) is 2.71. The maximum absolute atomic E-state index is 11.6. The van der Waals surface area contributed by atoms with Crippen LogP contribution in [0.4, 0.5) is 0 Å². The Morgan fingerprint density at radius 1 is 1.17 bits per heavy atom. The molecule has 2 aromatic rings. The quantitative estimate of drug-likeness (QED) is 0.884. The first kappa shape index (κ1) is 13.3. The summed E-state index contributed by atoms with van der Waals surface area (Å²) in [5.41, 5.74) is 0. The zero-order valence-corrected chi connectivity index (χ0v) is 12.0. The van der Waals surface area contributed by atoms with Crippen molar-refractivity contribution in [3.05, 3.63) is 44.8 Å². The van der Waals surface area contributed by atoms with Crippen molar-refractivity contribution in [3.63, 3.8) is 0 Å². The number of carbonyl (C=O) groups excluding carboxylic acids is 1. The predicted octanol–water partition coefficient (Wildman–Crippen LogP) is 2.62. The van der Waals surface area contributed by atoms with Crippen LogP contribution >= 0.6 is 22.7 Å². The zero-order chi connectivity index (χ0) is 13.0. The Bertz CT molecular complexity index is 445. The third-order valence-corrected chi connectivity index (χ3v) is 4.59. The van der Waals surface area contributed by atoms with Crippen LogP contribution in [-0.4, -0.2) is 19.0 Å². The molecule has 0 fully saturated rings. The van der Waals surface area contributed by atoms with E-state index in [2.05, 4.69) is 33.5 Å². The lowest BCUT2D eigenvalue weighted by atomic mass is 10.1. The molecule has 0 aliphatic carbocycles. The first-order chi connectivity index (χ1) is 8.72. The van der Waals surface area contributed by atoms with Gasteiger partial charge in [0.15, 0.2) is 0 Å². The lowest BCUT2D eigenvalue weighted by Crippen LogP contribution is -2.42. The normalized spacial score (nSPS) is 12.6. The van der Waals surface area contributed by atoms with Crippen LogP contribution in [0.1, 0.15) is 22.7 Å². The van der Waals surface area contributed by atoms with E-state index in [9.17, 15) is 4.79 Å². The number of amides is 1. The first-order valence-electron chi connectivity index (χ1n) is 5.77. The molecule has 0 saturated carbocycles. The van der Waals surface area contributed by atoms with Gasteiger partial charge in [0.2, 0.25) is 5.91 Å². The summed E-state index contributed by atoms with van der Waals surface area (Å²) in [6.07, 6.45) is 0. The molecule has 0 radical (unpaired) electrons. The first-order valence-corrected chi connectivity index (χ1v) is 7.52. The Labute approximate surface area is 115 Å². The van der Waals surface area contributed by atoms with Gasteiger partial charge < -0.3 is 5.32 Å². The van der Waals surface area contributed by atoms with Crippen LogP contribution in [0.3, 0.4) is 0 Å². The van der Waals surface area contributed by atoms with Gasteiger partial charge in [-0.25, -0.2) is 0 Å². The average molecular weight is 280 g/mol. The number of hydrogen-bond acceptors (Lipinski definition) is 4. The van der Waals surface area contributed by atoms with E-state index >= 15 is 0 Å². The van der Waals surface area contributed by atoms with Crippen molar-refractivity contribution < 1.29 is 4.79 Å². The standard InChI is InChI=1S/C13H16N2OS2/c1-9(13(16)14-2)15-12(10-5-3-7-17-10)11-6-4-8-18-11/h3-9,12,15H,1-2H3,(H,14,16). The van der Waals surface area contributed by atoms with Gasteiger partial charge in [-0.3, -0.25) is 10.1 Å². The van der Waals surface area contributed by atoms with E-state index in [1.54, 1.807) is 29.7 Å². The molecule has 3 nitrogen and oxygen atoms in total. The molecule has 2 N–H and O–H groups in total. The molecule has 0 aromatic carbocycles. The second kappa shape index (κ2) is 6.13. The summed E-state index contributed by atoms with van der Waals surface area (Å²) < 4.78 is 0. The predicted molar refractivity (Wildman–Crippen MR) is 77.1 cm³/mol. The van der Waals surface area contributed by atoms with Crippen molar-refractivity contribution in [2.24, 2.45) is 0 Å². The summed E-state index contributed by atoms with van der Waals surface area (Å²) in [6.45, 7) is 1.88. The fourth-order valence-electron chi connectivity index (χ4n) is 1.76. The monoisotopic (exact) mass is 280 g/mol. The number of likely N-dealkylation sites (N-methyl/N-ethyl adjacent to an activating group) is 1. The Hall–Kier alpha value is -1.17. The van der Waals surface area contributed by atoms with Crippen molar-refractivity contribution >= 4 is 28.6 Å². The van der Waals surface area contributed by atoms with Gasteiger partial charge in [-0.1, -0.05) is 12.1 Å². The second-order valence-electron chi connectivity index (χ2n) is 3.97. The zero-order valence-electron chi connectivity index (χ0n) is 10.3. The highest BCUT2D eigenvalue weighted by Gasteiger charge is 2.21. The van der Waals surface area contributed by atoms with Crippen LogP contribution in [-0.2, 0) is 4.79 Å². The number of hydrogen-bond donors (Lipinski definition) is 2. The van der Waals surface area contributed by atoms with E-state index in [0.29, 0.717) is 0 Å². The summed E-state index contributed by atoms with van der Waals surface area (Å²) in [5, 5.41) is 10.2. The van der Waals surface area contributed by atoms with Crippen molar-refractivity contribution in [1.29, 1.82) is 0 Å². The van der Waals surface area contributed by atoms with Gasteiger partial charge in [0.1, 0.15) is 0 Å². The van der Waals surface area contributed by atoms with Crippen molar-refractivity contribution in [2.45, 2.75) is 19.0 Å². The molecule has 0 aliphatic heterocycles. The number of thiophene rings is 2. The van der Waals surface area contributed by atoms with Gasteiger partial charge in [-0.2, -0.15) is 0 Å². The minimum Gasteiger partial charge on any atom is -0.358 e. The van der Waals surface area contributed by atoms with Gasteiger partial charge in [0, 0.05) is 16.8 Å². The number of carbonyl (C=O) groups is 1. The molecule has 0 saturated heterocycles. The van der Waals surface area contributed by atoms with E-state index in [0.717, 1.165) is 0 Å². The lowest BCUT2D eigenvalue weighted by Gasteiger charge is -2.20. The minimum atomic E-state index is -0.218. The fraction of sp³-hybridized carbons (Fsp3) is 0.308. The van der Waals surface area contributed by atoms with Gasteiger partial charge >= 0.3 is 0 Å². The molecule has 2 heterocycles. The smallest absolute Gasteiger partial charge is 0.236 e. The van der Waals surface area contributed by atoms with Crippen molar-refractivity contribution in [3.8, 4) is 0 Å². The molecule has 2 aromatic heterocycles. The molecule has 1 amide bonds. The molecule has 0 bridgehead atoms. The van der Waals surface area contributed by atoms with Gasteiger partial charge in [0.05, 0.1) is 12.1 Å². The molecule has 0 aliphatic rings. The van der Waals surface area contributed by atoms with Crippen LogP contribution in [0, 0.1) is 0 Å². The minimum absolute atomic E-state index is 0.00751. The Balaban J connectivity index is 2.19. The van der Waals surface area contributed by atoms with Crippen LogP contribution in [0.2, 0.25) is 0 Å². The molecule has 1 atom stereocenters. The Morgan fingerprint density at radius 3 is 2.11 bits per heavy atom. The Morgan fingerprint density at radius 2 is 1.72 bits per heavy atom. The highest BCUT2D eigenvalue weighted by atomic mass is 32.1. The number of rotatable bonds is 5. The van der Waals surface area contributed by atoms with Crippen LogP contribution in [0.15, 0.2) is 35.0 Å². The maximum Gasteiger partial charge on any atom is 0.236 e. The van der Waals surface area contributed by atoms with E-state index in [4.69, 9.17) is 0 Å². The average Bonchev–Trinajstić information content (AvgIpc) is 3.06. The largest absolute Gasteiger partial charge is 0.358 e. The van der Waals surface area contributed by atoms with Crippen LogP contribution in [0.25, 0.3) is 0 Å². The summed E-state index contributed by atoms with van der Waals surface area (Å²) in [5.74, 6) is 0.00751. The SMILES string of the molecule is CNC(=O)C(C)NC(c1cccs1)c1cccs1. The molecular weight excluding hydrogens is 264 g/mol. The second-order valence-corrected chi connectivity index (χ2v) is 5.93. The highest BCUT2D eigenvalue weighted by Crippen LogP contribution is 2.29. The fourth-order valence-corrected chi connectivity index (χ4v) is 3.44. The van der Waals surface area contributed by atoms with Crippen LogP contribution < -0.4 is 10.6 Å².